The predicted octanol–water partition coefficient (Wildman–Crippen LogP) is 2.33. The Kier molecular flexibility index (Phi) is 2.80. The predicted molar refractivity (Wildman–Crippen MR) is 58.7 cm³/mol. The van der Waals surface area contributed by atoms with Crippen molar-refractivity contribution < 1.29 is 0 Å². The van der Waals surface area contributed by atoms with Gasteiger partial charge in [-0.15, -0.1) is 0 Å². The molecule has 0 bridgehead atoms. The van der Waals surface area contributed by atoms with E-state index in [9.17, 15) is 0 Å². The fourth-order valence-corrected chi connectivity index (χ4v) is 1.53. The molecule has 0 saturated carbocycles. The topological polar surface area (TPSA) is 22.2 Å². The van der Waals surface area contributed by atoms with Gasteiger partial charge in [-0.3, -0.25) is 0 Å². The molecule has 1 aromatic carbocycles. The van der Waals surface area contributed by atoms with Gasteiger partial charge in [-0.1, -0.05) is 18.2 Å². The van der Waals surface area contributed by atoms with Crippen LogP contribution in [-0.2, 0) is 6.42 Å². The zero-order chi connectivity index (χ0) is 10.5. The van der Waals surface area contributed by atoms with Crippen LogP contribution in [0.5, 0.6) is 0 Å². The number of hydrogen-bond acceptors (Lipinski definition) is 1. The summed E-state index contributed by atoms with van der Waals surface area (Å²) in [5, 5.41) is 4.19. The van der Waals surface area contributed by atoms with Crippen molar-refractivity contribution in [1.82, 2.24) is 9.78 Å². The summed E-state index contributed by atoms with van der Waals surface area (Å²) in [5.74, 6) is 0. The first kappa shape index (κ1) is 9.47. The van der Waals surface area contributed by atoms with Crippen molar-refractivity contribution >= 4 is 0 Å². The van der Waals surface area contributed by atoms with Crippen LogP contribution in [0.1, 0.15) is 5.56 Å². The third kappa shape index (κ3) is 2.05. The van der Waals surface area contributed by atoms with E-state index in [1.54, 1.807) is 6.20 Å². The Bertz CT molecular complexity index is 466. The minimum Gasteiger partial charge on any atom is -0.317 e. The lowest BCUT2D eigenvalue weighted by Gasteiger charge is -2.06. The van der Waals surface area contributed by atoms with E-state index in [-0.39, 0.29) is 0 Å². The van der Waals surface area contributed by atoms with Crippen molar-refractivity contribution in [2.24, 2.45) is 0 Å². The molecule has 3 heteroatoms. The monoisotopic (exact) mass is 197 g/mol. The van der Waals surface area contributed by atoms with Gasteiger partial charge in [0.05, 0.1) is 5.69 Å². The van der Waals surface area contributed by atoms with Crippen LogP contribution in [0.25, 0.3) is 10.5 Å². The lowest BCUT2D eigenvalue weighted by Crippen LogP contribution is -2.00. The van der Waals surface area contributed by atoms with E-state index in [2.05, 4.69) is 9.94 Å². The number of rotatable bonds is 3. The molecule has 0 saturated heterocycles. The summed E-state index contributed by atoms with van der Waals surface area (Å²) < 4.78 is 1.83. The van der Waals surface area contributed by atoms with Crippen molar-refractivity contribution in [3.8, 4) is 5.69 Å². The maximum atomic E-state index is 6.80. The van der Waals surface area contributed by atoms with Crippen molar-refractivity contribution in [2.75, 3.05) is 6.54 Å². The molecule has 0 aliphatic carbocycles. The van der Waals surface area contributed by atoms with Crippen molar-refractivity contribution in [1.29, 1.82) is 0 Å². The Labute approximate surface area is 88.8 Å². The van der Waals surface area contributed by atoms with Gasteiger partial charge in [0.1, 0.15) is 0 Å². The molecule has 0 radical (unpaired) electrons. The van der Waals surface area contributed by atoms with Crippen molar-refractivity contribution in [2.45, 2.75) is 6.42 Å². The molecule has 2 aromatic rings. The van der Waals surface area contributed by atoms with Crippen LogP contribution in [-0.4, -0.2) is 16.3 Å². The van der Waals surface area contributed by atoms with Gasteiger partial charge in [-0.05, 0) is 17.7 Å². The molecule has 0 atom stereocenters. The smallest absolute Gasteiger partial charge is 0.218 e. The molecule has 0 unspecified atom stereocenters. The van der Waals surface area contributed by atoms with Crippen LogP contribution < -0.4 is 0 Å². The standard InChI is InChI=1S/C12H11N3/c1-13-9-7-11-5-2-3-6-12(11)15-10-4-8-14-15/h2-6,8,10H,7,9H2. The third-order valence-corrected chi connectivity index (χ3v) is 2.24. The Morgan fingerprint density at radius 2 is 2.13 bits per heavy atom. The summed E-state index contributed by atoms with van der Waals surface area (Å²) in [5.41, 5.74) is 2.23. The fraction of sp³-hybridized carbons (Fsp3) is 0.167. The van der Waals surface area contributed by atoms with Gasteiger partial charge in [0, 0.05) is 18.8 Å². The van der Waals surface area contributed by atoms with Crippen molar-refractivity contribution in [3.63, 3.8) is 0 Å². The lowest BCUT2D eigenvalue weighted by molar-refractivity contribution is 0.860. The molecule has 0 fully saturated rings. The number of nitrogens with zero attached hydrogens (tertiary/aromatic N) is 3. The second-order valence-corrected chi connectivity index (χ2v) is 3.21. The first-order chi connectivity index (χ1) is 7.42. The summed E-state index contributed by atoms with van der Waals surface area (Å²) in [7, 11) is 0. The summed E-state index contributed by atoms with van der Waals surface area (Å²) in [6.07, 6.45) is 4.45. The van der Waals surface area contributed by atoms with E-state index >= 15 is 0 Å². The van der Waals surface area contributed by atoms with E-state index in [4.69, 9.17) is 6.57 Å². The number of hydrogen-bond donors (Lipinski definition) is 0. The van der Waals surface area contributed by atoms with Gasteiger partial charge in [-0.2, -0.15) is 5.10 Å². The van der Waals surface area contributed by atoms with Gasteiger partial charge >= 0.3 is 0 Å². The van der Waals surface area contributed by atoms with Crippen LogP contribution in [0.2, 0.25) is 0 Å². The van der Waals surface area contributed by atoms with Gasteiger partial charge in [0.15, 0.2) is 0 Å². The van der Waals surface area contributed by atoms with Crippen LogP contribution >= 0.6 is 0 Å². The van der Waals surface area contributed by atoms with Crippen LogP contribution in [0.15, 0.2) is 42.7 Å². The SMILES string of the molecule is [C-]#[N+]CCc1ccccc1-n1cccn1. The number of benzene rings is 1. The molecule has 0 aliphatic heterocycles. The molecular weight excluding hydrogens is 186 g/mol. The first-order valence-corrected chi connectivity index (χ1v) is 4.83. The minimum atomic E-state index is 0.526. The quantitative estimate of drug-likeness (QED) is 0.692. The molecule has 0 spiro atoms. The molecule has 1 heterocycles. The van der Waals surface area contributed by atoms with E-state index in [0.717, 1.165) is 17.7 Å². The highest BCUT2D eigenvalue weighted by atomic mass is 15.3. The van der Waals surface area contributed by atoms with Gasteiger partial charge in [0.2, 0.25) is 6.54 Å². The highest BCUT2D eigenvalue weighted by molar-refractivity contribution is 5.40. The summed E-state index contributed by atoms with van der Waals surface area (Å²) >= 11 is 0. The number of para-hydroxylation sites is 1. The lowest BCUT2D eigenvalue weighted by atomic mass is 10.1. The summed E-state index contributed by atoms with van der Waals surface area (Å²) in [4.78, 5) is 3.37. The second kappa shape index (κ2) is 4.43. The average molecular weight is 197 g/mol. The number of aromatic nitrogens is 2. The molecular formula is C12H11N3. The first-order valence-electron chi connectivity index (χ1n) is 4.83. The maximum absolute atomic E-state index is 6.80. The molecule has 74 valence electrons. The molecule has 0 amide bonds. The molecule has 2 rings (SSSR count). The molecule has 15 heavy (non-hydrogen) atoms. The van der Waals surface area contributed by atoms with Gasteiger partial charge in [-0.25, -0.2) is 11.3 Å². The summed E-state index contributed by atoms with van der Waals surface area (Å²) in [6.45, 7) is 7.33. The van der Waals surface area contributed by atoms with E-state index in [1.165, 1.54) is 0 Å². The average Bonchev–Trinajstić information content (AvgIpc) is 2.80. The second-order valence-electron chi connectivity index (χ2n) is 3.21. The maximum Gasteiger partial charge on any atom is 0.218 e. The van der Waals surface area contributed by atoms with E-state index in [1.807, 2.05) is 41.2 Å². The summed E-state index contributed by atoms with van der Waals surface area (Å²) in [6, 6.07) is 9.94. The zero-order valence-corrected chi connectivity index (χ0v) is 8.30. The normalized spacial score (nSPS) is 9.80. The van der Waals surface area contributed by atoms with Gasteiger partial charge < -0.3 is 4.85 Å². The minimum absolute atomic E-state index is 0.526. The van der Waals surface area contributed by atoms with Crippen LogP contribution in [0.4, 0.5) is 0 Å². The molecule has 1 aromatic heterocycles. The van der Waals surface area contributed by atoms with Crippen LogP contribution in [0, 0.1) is 6.57 Å². The van der Waals surface area contributed by atoms with Crippen LogP contribution in [0.3, 0.4) is 0 Å². The highest BCUT2D eigenvalue weighted by Gasteiger charge is 2.04. The Morgan fingerprint density at radius 1 is 1.27 bits per heavy atom. The Hall–Kier alpha value is -2.08. The third-order valence-electron chi connectivity index (χ3n) is 2.24. The Morgan fingerprint density at radius 3 is 2.87 bits per heavy atom. The van der Waals surface area contributed by atoms with Crippen molar-refractivity contribution in [3.05, 3.63) is 59.7 Å². The highest BCUT2D eigenvalue weighted by Crippen LogP contribution is 2.13. The van der Waals surface area contributed by atoms with Gasteiger partial charge in [0.25, 0.3) is 0 Å². The van der Waals surface area contributed by atoms with E-state index < -0.39 is 0 Å². The Balaban J connectivity index is 2.35. The fourth-order valence-electron chi connectivity index (χ4n) is 1.53. The zero-order valence-electron chi connectivity index (χ0n) is 8.30. The largest absolute Gasteiger partial charge is 0.317 e. The van der Waals surface area contributed by atoms with E-state index in [0.29, 0.717) is 6.54 Å². The molecule has 0 aliphatic rings. The molecule has 0 N–H and O–H groups in total. The molecule has 3 nitrogen and oxygen atoms in total.